The maximum Gasteiger partial charge on any atom is 0.192 e. The molecule has 2 unspecified atom stereocenters. The van der Waals surface area contributed by atoms with Gasteiger partial charge >= 0.3 is 0 Å². The van der Waals surface area contributed by atoms with E-state index < -0.39 is 0 Å². The van der Waals surface area contributed by atoms with Crippen molar-refractivity contribution in [2.45, 2.75) is 30.3 Å². The molecule has 0 saturated carbocycles. The van der Waals surface area contributed by atoms with Crippen LogP contribution in [0, 0.1) is 6.92 Å². The predicted molar refractivity (Wildman–Crippen MR) is 82.2 cm³/mol. The molecule has 0 aliphatic rings. The van der Waals surface area contributed by atoms with Gasteiger partial charge in [-0.2, -0.15) is 0 Å². The van der Waals surface area contributed by atoms with Crippen LogP contribution in [0.15, 0.2) is 23.4 Å². The minimum absolute atomic E-state index is 0.0192. The Labute approximate surface area is 120 Å². The van der Waals surface area contributed by atoms with Crippen LogP contribution in [0.5, 0.6) is 0 Å². The van der Waals surface area contributed by atoms with Crippen LogP contribution in [0.4, 0.5) is 11.6 Å². The monoisotopic (exact) mass is 295 g/mol. The molecule has 6 N–H and O–H groups in total. The highest BCUT2D eigenvalue weighted by molar-refractivity contribution is 7.99. The molecule has 0 amide bonds. The number of nitrogens with two attached hydrogens (primary N) is 3. The highest BCUT2D eigenvalue weighted by atomic mass is 32.2. The molecular formula is C12H17N5S2. The van der Waals surface area contributed by atoms with E-state index in [1.165, 1.54) is 21.5 Å². The zero-order valence-corrected chi connectivity index (χ0v) is 12.5. The smallest absolute Gasteiger partial charge is 0.192 e. The van der Waals surface area contributed by atoms with E-state index in [2.05, 4.69) is 29.0 Å². The average molecular weight is 295 g/mol. The molecular weight excluding hydrogens is 278 g/mol. The number of hydrogen-bond donors (Lipinski definition) is 3. The largest absolute Gasteiger partial charge is 0.383 e. The van der Waals surface area contributed by atoms with Crippen LogP contribution in [-0.2, 0) is 0 Å². The minimum Gasteiger partial charge on any atom is -0.383 e. The lowest BCUT2D eigenvalue weighted by atomic mass is 10.2. The summed E-state index contributed by atoms with van der Waals surface area (Å²) in [5.74, 6) is 0.751. The molecule has 0 aliphatic carbocycles. The number of hydrogen-bond acceptors (Lipinski definition) is 7. The van der Waals surface area contributed by atoms with Crippen molar-refractivity contribution < 1.29 is 0 Å². The van der Waals surface area contributed by atoms with Crippen molar-refractivity contribution in [1.82, 2.24) is 9.97 Å². The van der Waals surface area contributed by atoms with Crippen LogP contribution in [0.1, 0.15) is 21.9 Å². The summed E-state index contributed by atoms with van der Waals surface area (Å²) in [5, 5.41) is 0.658. The fourth-order valence-electron chi connectivity index (χ4n) is 1.66. The number of nitrogens with zero attached hydrogens (tertiary/aromatic N) is 2. The standard InChI is InChI=1S/C12H17N5S2/c1-6-3-4-8(18-6)11(7(2)13)19-12-16-9(14)5-10(15)17-12/h3-5,7,11H,13H2,1-2H3,(H4,14,15,16,17). The number of thiophene rings is 1. The van der Waals surface area contributed by atoms with Gasteiger partial charge in [0.05, 0.1) is 5.25 Å². The van der Waals surface area contributed by atoms with E-state index >= 15 is 0 Å². The molecule has 5 nitrogen and oxygen atoms in total. The summed E-state index contributed by atoms with van der Waals surface area (Å²) in [4.78, 5) is 10.8. The Morgan fingerprint density at radius 2 is 1.84 bits per heavy atom. The Hall–Kier alpha value is -1.31. The van der Waals surface area contributed by atoms with Crippen LogP contribution in [0.25, 0.3) is 0 Å². The molecule has 0 fully saturated rings. The van der Waals surface area contributed by atoms with Crippen molar-refractivity contribution >= 4 is 34.7 Å². The van der Waals surface area contributed by atoms with Gasteiger partial charge in [-0.05, 0) is 26.0 Å². The van der Waals surface area contributed by atoms with Crippen molar-refractivity contribution in [2.24, 2.45) is 5.73 Å². The summed E-state index contributed by atoms with van der Waals surface area (Å²) < 4.78 is 0. The molecule has 2 rings (SSSR count). The van der Waals surface area contributed by atoms with Gasteiger partial charge in [-0.15, -0.1) is 11.3 Å². The van der Waals surface area contributed by atoms with E-state index in [1.54, 1.807) is 17.4 Å². The fraction of sp³-hybridized carbons (Fsp3) is 0.333. The molecule has 102 valence electrons. The second-order valence-corrected chi connectivity index (χ2v) is 6.77. The number of aryl methyl sites for hydroxylation is 1. The van der Waals surface area contributed by atoms with Gasteiger partial charge in [0.15, 0.2) is 5.16 Å². The molecule has 0 aliphatic heterocycles. The van der Waals surface area contributed by atoms with Gasteiger partial charge in [0.2, 0.25) is 0 Å². The third-order valence-electron chi connectivity index (χ3n) is 2.50. The van der Waals surface area contributed by atoms with Crippen molar-refractivity contribution in [1.29, 1.82) is 0 Å². The van der Waals surface area contributed by atoms with E-state index in [0.29, 0.717) is 16.8 Å². The second-order valence-electron chi connectivity index (χ2n) is 4.35. The predicted octanol–water partition coefficient (Wildman–Crippen LogP) is 2.19. The molecule has 0 spiro atoms. The lowest BCUT2D eigenvalue weighted by molar-refractivity contribution is 0.726. The molecule has 2 atom stereocenters. The summed E-state index contributed by atoms with van der Waals surface area (Å²) in [5.41, 5.74) is 17.4. The van der Waals surface area contributed by atoms with E-state index in [-0.39, 0.29) is 11.3 Å². The third kappa shape index (κ3) is 3.59. The van der Waals surface area contributed by atoms with E-state index in [0.717, 1.165) is 0 Å². The summed E-state index contributed by atoms with van der Waals surface area (Å²) in [7, 11) is 0. The van der Waals surface area contributed by atoms with Gasteiger partial charge < -0.3 is 17.2 Å². The Balaban J connectivity index is 2.26. The van der Waals surface area contributed by atoms with Gasteiger partial charge in [-0.3, -0.25) is 0 Å². The van der Waals surface area contributed by atoms with Crippen LogP contribution in [0.3, 0.4) is 0 Å². The topological polar surface area (TPSA) is 104 Å². The van der Waals surface area contributed by atoms with Gasteiger partial charge in [-0.1, -0.05) is 11.8 Å². The molecule has 0 aromatic carbocycles. The Bertz CT molecular complexity index is 547. The van der Waals surface area contributed by atoms with Crippen LogP contribution in [-0.4, -0.2) is 16.0 Å². The SMILES string of the molecule is Cc1ccc(C(Sc2nc(N)cc(N)n2)C(C)N)s1. The molecule has 2 heterocycles. The molecule has 19 heavy (non-hydrogen) atoms. The van der Waals surface area contributed by atoms with E-state index in [4.69, 9.17) is 17.2 Å². The van der Waals surface area contributed by atoms with Crippen molar-refractivity contribution in [2.75, 3.05) is 11.5 Å². The van der Waals surface area contributed by atoms with Crippen LogP contribution < -0.4 is 17.2 Å². The van der Waals surface area contributed by atoms with Crippen molar-refractivity contribution in [3.05, 3.63) is 28.0 Å². The van der Waals surface area contributed by atoms with Crippen molar-refractivity contribution in [3.63, 3.8) is 0 Å². The maximum atomic E-state index is 6.07. The highest BCUT2D eigenvalue weighted by Crippen LogP contribution is 2.39. The second kappa shape index (κ2) is 5.77. The fourth-order valence-corrected chi connectivity index (χ4v) is 3.88. The summed E-state index contributed by atoms with van der Waals surface area (Å²) in [6, 6.07) is 5.70. The van der Waals surface area contributed by atoms with E-state index in [9.17, 15) is 0 Å². The third-order valence-corrected chi connectivity index (χ3v) is 5.06. The lowest BCUT2D eigenvalue weighted by Gasteiger charge is -2.18. The van der Waals surface area contributed by atoms with Crippen LogP contribution >= 0.6 is 23.1 Å². The summed E-state index contributed by atoms with van der Waals surface area (Å²) in [6.07, 6.45) is 0. The zero-order chi connectivity index (χ0) is 14.0. The molecule has 2 aromatic rings. The first-order valence-electron chi connectivity index (χ1n) is 5.84. The number of rotatable bonds is 4. The molecule has 0 radical (unpaired) electrons. The maximum absolute atomic E-state index is 6.07. The number of anilines is 2. The first-order chi connectivity index (χ1) is 8.95. The van der Waals surface area contributed by atoms with Crippen molar-refractivity contribution in [3.8, 4) is 0 Å². The number of aromatic nitrogens is 2. The Morgan fingerprint density at radius 1 is 1.21 bits per heavy atom. The van der Waals surface area contributed by atoms with Crippen LogP contribution in [0.2, 0.25) is 0 Å². The quantitative estimate of drug-likeness (QED) is 0.590. The number of nitrogen functional groups attached to an aromatic ring is 2. The number of thioether (sulfide) groups is 1. The van der Waals surface area contributed by atoms with Gasteiger partial charge in [0, 0.05) is 21.9 Å². The zero-order valence-electron chi connectivity index (χ0n) is 10.8. The highest BCUT2D eigenvalue weighted by Gasteiger charge is 2.21. The molecule has 0 bridgehead atoms. The normalized spacial score (nSPS) is 14.3. The van der Waals surface area contributed by atoms with Gasteiger partial charge in [-0.25, -0.2) is 9.97 Å². The van der Waals surface area contributed by atoms with Gasteiger partial charge in [0.25, 0.3) is 0 Å². The first-order valence-corrected chi connectivity index (χ1v) is 7.54. The summed E-state index contributed by atoms with van der Waals surface area (Å²) >= 11 is 3.23. The molecule has 7 heteroatoms. The van der Waals surface area contributed by atoms with E-state index in [1.807, 2.05) is 6.92 Å². The molecule has 0 saturated heterocycles. The molecule has 2 aromatic heterocycles. The first kappa shape index (κ1) is 14.1. The Morgan fingerprint density at radius 3 is 2.32 bits per heavy atom. The summed E-state index contributed by atoms with van der Waals surface area (Å²) in [6.45, 7) is 4.05. The minimum atomic E-state index is -0.0192. The van der Waals surface area contributed by atoms with Gasteiger partial charge in [0.1, 0.15) is 11.6 Å². The Kier molecular flexibility index (Phi) is 4.28. The lowest BCUT2D eigenvalue weighted by Crippen LogP contribution is -2.22. The average Bonchev–Trinajstić information content (AvgIpc) is 2.70.